The highest BCUT2D eigenvalue weighted by atomic mass is 79.9. The Bertz CT molecular complexity index is 644. The van der Waals surface area contributed by atoms with Gasteiger partial charge >= 0.3 is 18.0 Å². The summed E-state index contributed by atoms with van der Waals surface area (Å²) in [6.45, 7) is -0.452. The van der Waals surface area contributed by atoms with Gasteiger partial charge in [0.25, 0.3) is 0 Å². The number of alkyl halides is 4. The number of halogens is 5. The maximum Gasteiger partial charge on any atom is 0.465 e. The highest BCUT2D eigenvalue weighted by molar-refractivity contribution is 9.10. The number of benzene rings is 1. The van der Waals surface area contributed by atoms with Gasteiger partial charge in [0.05, 0.1) is 0 Å². The van der Waals surface area contributed by atoms with Crippen molar-refractivity contribution in [1.82, 2.24) is 0 Å². The Kier molecular flexibility index (Phi) is 3.00. The molecule has 0 aromatic heterocycles. The number of aryl methyl sites for hydroxylation is 1. The van der Waals surface area contributed by atoms with Crippen molar-refractivity contribution in [2.75, 3.05) is 0 Å². The number of ether oxygens (including phenoxy) is 1. The molecule has 8 heteroatoms. The fraction of sp³-hybridized carbons (Fsp3) is 0.250. The van der Waals surface area contributed by atoms with Crippen molar-refractivity contribution < 1.29 is 33.6 Å². The summed E-state index contributed by atoms with van der Waals surface area (Å²) in [4.78, 5) is 10.9. The minimum absolute atomic E-state index is 0.00587. The van der Waals surface area contributed by atoms with Crippen molar-refractivity contribution in [2.45, 2.75) is 18.9 Å². The summed E-state index contributed by atoms with van der Waals surface area (Å²) in [7, 11) is 0. The van der Waals surface area contributed by atoms with Gasteiger partial charge in [0.2, 0.25) is 0 Å². The summed E-state index contributed by atoms with van der Waals surface area (Å²) in [6, 6.07) is 2.59. The van der Waals surface area contributed by atoms with E-state index in [0.29, 0.717) is 10.5 Å². The summed E-state index contributed by atoms with van der Waals surface area (Å²) in [5.41, 5.74) is -1.59. The van der Waals surface area contributed by atoms with Gasteiger partial charge in [-0.2, -0.15) is 17.6 Å². The lowest BCUT2D eigenvalue weighted by Gasteiger charge is -2.33. The molecule has 1 atom stereocenters. The maximum atomic E-state index is 14.2. The summed E-state index contributed by atoms with van der Waals surface area (Å²) >= 11 is 3.08. The van der Waals surface area contributed by atoms with Crippen LogP contribution in [0.25, 0.3) is 6.08 Å². The molecular formula is C12H7BrF4O3. The van der Waals surface area contributed by atoms with Gasteiger partial charge in [0.15, 0.2) is 0 Å². The molecule has 0 saturated heterocycles. The number of aliphatic carboxylic acids is 1. The summed E-state index contributed by atoms with van der Waals surface area (Å²) < 4.78 is 64.9. The molecule has 0 fully saturated rings. The third kappa shape index (κ3) is 2.17. The first-order valence-corrected chi connectivity index (χ1v) is 5.91. The van der Waals surface area contributed by atoms with Gasteiger partial charge in [0, 0.05) is 11.4 Å². The van der Waals surface area contributed by atoms with Gasteiger partial charge in [-0.25, -0.2) is 4.79 Å². The second kappa shape index (κ2) is 4.47. The Morgan fingerprint density at radius 1 is 1.50 bits per heavy atom. The second-order valence-electron chi connectivity index (χ2n) is 4.04. The molecule has 0 radical (unpaired) electrons. The largest absolute Gasteiger partial charge is 0.478 e. The van der Waals surface area contributed by atoms with Gasteiger partial charge in [-0.15, -0.1) is 0 Å². The van der Waals surface area contributed by atoms with Crippen LogP contribution >= 0.6 is 15.9 Å². The molecule has 20 heavy (non-hydrogen) atoms. The molecule has 0 bridgehead atoms. The van der Waals surface area contributed by atoms with E-state index in [-0.39, 0.29) is 11.1 Å². The van der Waals surface area contributed by atoms with Crippen molar-refractivity contribution >= 4 is 28.0 Å². The fourth-order valence-electron chi connectivity index (χ4n) is 1.76. The average Bonchev–Trinajstić information content (AvgIpc) is 2.36. The van der Waals surface area contributed by atoms with Crippen molar-refractivity contribution in [3.05, 3.63) is 33.3 Å². The van der Waals surface area contributed by atoms with E-state index >= 15 is 0 Å². The third-order valence-electron chi connectivity index (χ3n) is 2.64. The number of hydrogen-bond acceptors (Lipinski definition) is 2. The zero-order valence-electron chi connectivity index (χ0n) is 10.6. The predicted octanol–water partition coefficient (Wildman–Crippen LogP) is 3.85. The van der Waals surface area contributed by atoms with E-state index in [4.69, 9.17) is 6.48 Å². The monoisotopic (exact) mass is 355 g/mol. The van der Waals surface area contributed by atoms with E-state index in [1.54, 1.807) is 0 Å². The lowest BCUT2D eigenvalue weighted by atomic mass is 9.97. The van der Waals surface area contributed by atoms with E-state index in [0.717, 1.165) is 0 Å². The molecule has 108 valence electrons. The van der Waals surface area contributed by atoms with E-state index < -0.39 is 36.2 Å². The zero-order valence-corrected chi connectivity index (χ0v) is 11.2. The van der Waals surface area contributed by atoms with Crippen LogP contribution in [0.5, 0.6) is 5.75 Å². The highest BCUT2D eigenvalue weighted by Gasteiger charge is 2.65. The Balaban J connectivity index is 2.73. The van der Waals surface area contributed by atoms with E-state index in [9.17, 15) is 22.4 Å². The molecule has 1 aromatic rings. The molecular weight excluding hydrogens is 348 g/mol. The number of carboxylic acid groups (broad SMARTS) is 1. The molecule has 0 saturated carbocycles. The lowest BCUT2D eigenvalue weighted by molar-refractivity contribution is -0.284. The Morgan fingerprint density at radius 2 is 2.15 bits per heavy atom. The van der Waals surface area contributed by atoms with Crippen LogP contribution < -0.4 is 4.74 Å². The summed E-state index contributed by atoms with van der Waals surface area (Å²) in [6.07, 6.45) is -5.00. The first-order chi connectivity index (χ1) is 9.60. The molecule has 1 unspecified atom stereocenters. The van der Waals surface area contributed by atoms with Crippen LogP contribution in [0.1, 0.15) is 12.5 Å². The van der Waals surface area contributed by atoms with Gasteiger partial charge in [-0.3, -0.25) is 0 Å². The number of fused-ring (bicyclic) bond motifs is 1. The Hall–Kier alpha value is -1.57. The molecule has 1 N–H and O–H groups in total. The second-order valence-corrected chi connectivity index (χ2v) is 4.96. The molecule has 2 rings (SSSR count). The molecule has 1 aliphatic heterocycles. The van der Waals surface area contributed by atoms with Crippen molar-refractivity contribution in [2.24, 2.45) is 0 Å². The first-order valence-electron chi connectivity index (χ1n) is 5.82. The van der Waals surface area contributed by atoms with Crippen LogP contribution in [0.4, 0.5) is 17.6 Å². The first kappa shape index (κ1) is 13.4. The average molecular weight is 356 g/mol. The minimum Gasteiger partial charge on any atom is -0.478 e. The molecule has 1 aromatic carbocycles. The smallest absolute Gasteiger partial charge is 0.465 e. The summed E-state index contributed by atoms with van der Waals surface area (Å²) in [5.74, 6) is -7.02. The van der Waals surface area contributed by atoms with Crippen LogP contribution in [0.3, 0.4) is 0 Å². The Morgan fingerprint density at radius 3 is 2.65 bits per heavy atom. The standard InChI is InChI=1S/C12H7BrF4O3/c1-5-2-7(13)3-6-4-8(10(18)19)11(14,12(15,16)17)20-9(5)6/h2-4H,1H3,(H,18,19)/i1D. The van der Waals surface area contributed by atoms with E-state index in [1.807, 2.05) is 0 Å². The number of carboxylic acids is 1. The Labute approximate surface area is 120 Å². The van der Waals surface area contributed by atoms with E-state index in [1.165, 1.54) is 12.1 Å². The van der Waals surface area contributed by atoms with Crippen molar-refractivity contribution in [3.63, 3.8) is 0 Å². The predicted molar refractivity (Wildman–Crippen MR) is 65.0 cm³/mol. The highest BCUT2D eigenvalue weighted by Crippen LogP contribution is 2.47. The molecule has 0 amide bonds. The van der Waals surface area contributed by atoms with Crippen LogP contribution in [-0.2, 0) is 4.79 Å². The van der Waals surface area contributed by atoms with Crippen LogP contribution in [0, 0.1) is 6.90 Å². The number of carbonyl (C=O) groups is 1. The van der Waals surface area contributed by atoms with Crippen molar-refractivity contribution in [1.29, 1.82) is 0 Å². The van der Waals surface area contributed by atoms with E-state index in [2.05, 4.69) is 20.7 Å². The van der Waals surface area contributed by atoms with Gasteiger partial charge < -0.3 is 9.84 Å². The SMILES string of the molecule is [2H]Cc1cc(Br)cc2c1OC(F)(C(F)(F)F)C(C(=O)O)=C2. The molecule has 1 aliphatic rings. The molecule has 0 spiro atoms. The molecule has 1 heterocycles. The van der Waals surface area contributed by atoms with Crippen molar-refractivity contribution in [3.8, 4) is 5.75 Å². The van der Waals surface area contributed by atoms with Gasteiger partial charge in [-0.05, 0) is 30.7 Å². The molecule has 0 aliphatic carbocycles. The van der Waals surface area contributed by atoms with Gasteiger partial charge in [-0.1, -0.05) is 15.9 Å². The molecule has 3 nitrogen and oxygen atoms in total. The van der Waals surface area contributed by atoms with Crippen LogP contribution in [-0.4, -0.2) is 23.1 Å². The fourth-order valence-corrected chi connectivity index (χ4v) is 2.28. The zero-order chi connectivity index (χ0) is 16.0. The lowest BCUT2D eigenvalue weighted by Crippen LogP contribution is -2.51. The number of rotatable bonds is 1. The normalized spacial score (nSPS) is 22.4. The summed E-state index contributed by atoms with van der Waals surface area (Å²) in [5, 5.41) is 8.82. The van der Waals surface area contributed by atoms with Crippen LogP contribution in [0.2, 0.25) is 0 Å². The number of hydrogen-bond donors (Lipinski definition) is 1. The third-order valence-corrected chi connectivity index (χ3v) is 3.10. The van der Waals surface area contributed by atoms with Crippen LogP contribution in [0.15, 0.2) is 22.2 Å². The van der Waals surface area contributed by atoms with Gasteiger partial charge in [0.1, 0.15) is 11.3 Å². The topological polar surface area (TPSA) is 46.5 Å². The minimum atomic E-state index is -5.57. The quantitative estimate of drug-likeness (QED) is 0.778. The maximum absolute atomic E-state index is 14.2.